The molecule has 3 rings (SSSR count). The third-order valence-corrected chi connectivity index (χ3v) is 4.32. The fourth-order valence-electron chi connectivity index (χ4n) is 2.88. The van der Waals surface area contributed by atoms with Crippen molar-refractivity contribution in [3.05, 3.63) is 41.6 Å². The van der Waals surface area contributed by atoms with Crippen molar-refractivity contribution in [1.82, 2.24) is 15.3 Å². The maximum Gasteiger partial charge on any atom is 0.421 e. The lowest BCUT2D eigenvalue weighted by atomic mass is 10.00. The van der Waals surface area contributed by atoms with Gasteiger partial charge in [0.05, 0.1) is 11.6 Å². The van der Waals surface area contributed by atoms with Crippen molar-refractivity contribution in [3.8, 4) is 6.07 Å². The minimum Gasteiger partial charge on any atom is -0.369 e. The van der Waals surface area contributed by atoms with Crippen molar-refractivity contribution >= 4 is 17.5 Å². The number of hydrogen-bond acceptors (Lipinski definition) is 6. The molecule has 1 atom stereocenters. The molecule has 1 aliphatic heterocycles. The van der Waals surface area contributed by atoms with Crippen LogP contribution in [-0.4, -0.2) is 29.6 Å². The normalized spacial score (nSPS) is 17.2. The van der Waals surface area contributed by atoms with Gasteiger partial charge in [-0.25, -0.2) is 4.98 Å². The summed E-state index contributed by atoms with van der Waals surface area (Å²) in [6.07, 6.45) is -1.79. The molecule has 1 saturated heterocycles. The molecule has 0 aliphatic carbocycles. The van der Waals surface area contributed by atoms with Gasteiger partial charge in [-0.2, -0.15) is 23.4 Å². The van der Waals surface area contributed by atoms with E-state index in [1.54, 1.807) is 24.3 Å². The Kier molecular flexibility index (Phi) is 5.76. The molecule has 1 aromatic heterocycles. The van der Waals surface area contributed by atoms with Crippen LogP contribution in [0.5, 0.6) is 0 Å². The van der Waals surface area contributed by atoms with Gasteiger partial charge in [-0.15, -0.1) is 0 Å². The van der Waals surface area contributed by atoms with E-state index in [2.05, 4.69) is 25.9 Å². The Morgan fingerprint density at radius 1 is 1.26 bits per heavy atom. The number of aromatic nitrogens is 2. The maximum absolute atomic E-state index is 13.3. The minimum absolute atomic E-state index is 0.0528. The van der Waals surface area contributed by atoms with Crippen molar-refractivity contribution in [2.75, 3.05) is 30.3 Å². The number of hydrogen-bond donors (Lipinski definition) is 3. The van der Waals surface area contributed by atoms with E-state index in [1.165, 1.54) is 0 Å². The van der Waals surface area contributed by atoms with E-state index in [1.807, 2.05) is 6.07 Å². The molecule has 6 nitrogen and oxygen atoms in total. The molecule has 1 aromatic carbocycles. The molecule has 9 heteroatoms. The fraction of sp³-hybridized carbons (Fsp3) is 0.389. The van der Waals surface area contributed by atoms with Crippen LogP contribution >= 0.6 is 0 Å². The van der Waals surface area contributed by atoms with E-state index < -0.39 is 11.7 Å². The molecule has 0 bridgehead atoms. The highest BCUT2D eigenvalue weighted by molar-refractivity contribution is 5.57. The molecule has 0 saturated carbocycles. The second kappa shape index (κ2) is 8.22. The highest BCUT2D eigenvalue weighted by Gasteiger charge is 2.35. The highest BCUT2D eigenvalue weighted by Crippen LogP contribution is 2.34. The third kappa shape index (κ3) is 5.08. The van der Waals surface area contributed by atoms with Crippen LogP contribution in [0.4, 0.5) is 30.6 Å². The van der Waals surface area contributed by atoms with Crippen LogP contribution in [0.1, 0.15) is 24.0 Å². The van der Waals surface area contributed by atoms with Crippen LogP contribution in [0.3, 0.4) is 0 Å². The van der Waals surface area contributed by atoms with Crippen LogP contribution in [0.25, 0.3) is 0 Å². The Labute approximate surface area is 154 Å². The number of nitrogens with zero attached hydrogens (tertiary/aromatic N) is 3. The Hall–Kier alpha value is -2.86. The van der Waals surface area contributed by atoms with Gasteiger partial charge in [0.25, 0.3) is 0 Å². The quantitative estimate of drug-likeness (QED) is 0.740. The monoisotopic (exact) mass is 376 g/mol. The lowest BCUT2D eigenvalue weighted by Crippen LogP contribution is -2.34. The molecule has 1 unspecified atom stereocenters. The SMILES string of the molecule is N#Cc1ccc(Nc2ncc(C(F)(F)F)c(NCC3CCCNC3)n2)cc1. The van der Waals surface area contributed by atoms with E-state index in [4.69, 9.17) is 5.26 Å². The van der Waals surface area contributed by atoms with Crippen molar-refractivity contribution in [1.29, 1.82) is 5.26 Å². The first-order valence-electron chi connectivity index (χ1n) is 8.62. The van der Waals surface area contributed by atoms with E-state index in [0.717, 1.165) is 32.1 Å². The minimum atomic E-state index is -4.54. The van der Waals surface area contributed by atoms with Gasteiger partial charge in [-0.3, -0.25) is 0 Å². The second-order valence-corrected chi connectivity index (χ2v) is 6.36. The largest absolute Gasteiger partial charge is 0.421 e. The first-order valence-corrected chi connectivity index (χ1v) is 8.62. The van der Waals surface area contributed by atoms with Gasteiger partial charge in [-0.1, -0.05) is 0 Å². The van der Waals surface area contributed by atoms with Gasteiger partial charge >= 0.3 is 6.18 Å². The smallest absolute Gasteiger partial charge is 0.369 e. The molecular formula is C18H19F3N6. The lowest BCUT2D eigenvalue weighted by molar-refractivity contribution is -0.137. The van der Waals surface area contributed by atoms with Crippen LogP contribution in [-0.2, 0) is 6.18 Å². The van der Waals surface area contributed by atoms with Crippen molar-refractivity contribution < 1.29 is 13.2 Å². The number of benzene rings is 1. The summed E-state index contributed by atoms with van der Waals surface area (Å²) in [5.74, 6) is 0.0703. The Morgan fingerprint density at radius 3 is 2.67 bits per heavy atom. The first kappa shape index (κ1) is 18.9. The van der Waals surface area contributed by atoms with E-state index in [9.17, 15) is 13.2 Å². The molecular weight excluding hydrogens is 357 g/mol. The van der Waals surface area contributed by atoms with Gasteiger partial charge in [0.15, 0.2) is 0 Å². The van der Waals surface area contributed by atoms with Crippen LogP contribution in [0.2, 0.25) is 0 Å². The topological polar surface area (TPSA) is 85.7 Å². The average Bonchev–Trinajstić information content (AvgIpc) is 2.67. The molecule has 0 spiro atoms. The summed E-state index contributed by atoms with van der Waals surface area (Å²) in [4.78, 5) is 7.80. The molecule has 1 fully saturated rings. The van der Waals surface area contributed by atoms with Crippen LogP contribution in [0, 0.1) is 17.2 Å². The number of piperidine rings is 1. The standard InChI is InChI=1S/C18H19F3N6/c19-18(20,21)15-11-25-17(26-14-5-3-12(8-22)4-6-14)27-16(15)24-10-13-2-1-7-23-9-13/h3-6,11,13,23H,1-2,7,9-10H2,(H2,24,25,26,27). The van der Waals surface area contributed by atoms with Gasteiger partial charge in [-0.05, 0) is 56.1 Å². The predicted molar refractivity (Wildman–Crippen MR) is 95.6 cm³/mol. The molecule has 2 heterocycles. The van der Waals surface area contributed by atoms with Crippen molar-refractivity contribution in [3.63, 3.8) is 0 Å². The zero-order valence-corrected chi connectivity index (χ0v) is 14.5. The number of halogens is 3. The number of nitrogens with one attached hydrogen (secondary N) is 3. The van der Waals surface area contributed by atoms with Crippen molar-refractivity contribution in [2.45, 2.75) is 19.0 Å². The lowest BCUT2D eigenvalue weighted by Gasteiger charge is -2.24. The summed E-state index contributed by atoms with van der Waals surface area (Å²) in [6.45, 7) is 2.12. The van der Waals surface area contributed by atoms with Crippen LogP contribution in [0.15, 0.2) is 30.5 Å². The number of alkyl halides is 3. The molecule has 142 valence electrons. The summed E-state index contributed by atoms with van der Waals surface area (Å²) >= 11 is 0. The Morgan fingerprint density at radius 2 is 2.04 bits per heavy atom. The zero-order chi connectivity index (χ0) is 19.3. The van der Waals surface area contributed by atoms with Gasteiger partial charge in [0, 0.05) is 18.4 Å². The molecule has 0 amide bonds. The van der Waals surface area contributed by atoms with Gasteiger partial charge < -0.3 is 16.0 Å². The van der Waals surface area contributed by atoms with E-state index in [-0.39, 0.29) is 17.7 Å². The summed E-state index contributed by atoms with van der Waals surface area (Å²) < 4.78 is 39.8. The van der Waals surface area contributed by atoms with E-state index >= 15 is 0 Å². The van der Waals surface area contributed by atoms with Gasteiger partial charge in [0.2, 0.25) is 5.95 Å². The highest BCUT2D eigenvalue weighted by atomic mass is 19.4. The number of anilines is 3. The summed E-state index contributed by atoms with van der Waals surface area (Å²) in [6, 6.07) is 8.48. The van der Waals surface area contributed by atoms with Gasteiger partial charge in [0.1, 0.15) is 11.4 Å². The summed E-state index contributed by atoms with van der Waals surface area (Å²) in [7, 11) is 0. The third-order valence-electron chi connectivity index (χ3n) is 4.32. The number of rotatable bonds is 5. The second-order valence-electron chi connectivity index (χ2n) is 6.36. The molecule has 2 aromatic rings. The molecule has 3 N–H and O–H groups in total. The van der Waals surface area contributed by atoms with Crippen molar-refractivity contribution in [2.24, 2.45) is 5.92 Å². The molecule has 27 heavy (non-hydrogen) atoms. The Balaban J connectivity index is 1.77. The van der Waals surface area contributed by atoms with Crippen LogP contribution < -0.4 is 16.0 Å². The summed E-state index contributed by atoms with van der Waals surface area (Å²) in [5.41, 5.74) is 0.171. The number of nitriles is 1. The summed E-state index contributed by atoms with van der Waals surface area (Å²) in [5, 5.41) is 17.8. The average molecular weight is 376 g/mol. The molecule has 1 aliphatic rings. The fourth-order valence-corrected chi connectivity index (χ4v) is 2.88. The maximum atomic E-state index is 13.3. The molecule has 0 radical (unpaired) electrons. The first-order chi connectivity index (χ1) is 13.0. The zero-order valence-electron chi connectivity index (χ0n) is 14.5. The van der Waals surface area contributed by atoms with E-state index in [0.29, 0.717) is 17.8 Å². The Bertz CT molecular complexity index is 807. The predicted octanol–water partition coefficient (Wildman–Crippen LogP) is 3.52.